The molecule has 2 N–H and O–H groups in total. The first-order chi connectivity index (χ1) is 14.2. The Balaban J connectivity index is 0.000000343. The number of halogens is 1. The van der Waals surface area contributed by atoms with Crippen LogP contribution in [-0.2, 0) is 16.0 Å². The van der Waals surface area contributed by atoms with E-state index in [9.17, 15) is 14.0 Å². The minimum atomic E-state index is -1.26. The number of aliphatic carboxylic acids is 2. The van der Waals surface area contributed by atoms with Gasteiger partial charge in [0.15, 0.2) is 0 Å². The average Bonchev–Trinajstić information content (AvgIpc) is 2.80. The number of carboxylic acid groups (broad SMARTS) is 2. The lowest BCUT2D eigenvalue weighted by Crippen LogP contribution is -2.17. The smallest absolute Gasteiger partial charge is 0.328 e. The van der Waals surface area contributed by atoms with Crippen molar-refractivity contribution in [1.82, 2.24) is 4.90 Å². The Bertz CT molecular complexity index is 907. The predicted molar refractivity (Wildman–Crippen MR) is 114 cm³/mol. The van der Waals surface area contributed by atoms with Crippen LogP contribution in [0.2, 0.25) is 0 Å². The number of hydrogen-bond donors (Lipinski definition) is 2. The van der Waals surface area contributed by atoms with Crippen LogP contribution in [-0.4, -0.2) is 47.7 Å². The Labute approximate surface area is 176 Å². The largest absolute Gasteiger partial charge is 0.478 e. The molecule has 0 amide bonds. The molecule has 0 heterocycles. The van der Waals surface area contributed by atoms with Crippen LogP contribution in [0.25, 0.3) is 0 Å². The zero-order valence-electron chi connectivity index (χ0n) is 17.5. The lowest BCUT2D eigenvalue weighted by atomic mass is 9.87. The molecule has 2 atom stereocenters. The maximum atomic E-state index is 13.7. The van der Waals surface area contributed by atoms with E-state index in [2.05, 4.69) is 50.2 Å². The van der Waals surface area contributed by atoms with Gasteiger partial charge in [-0.2, -0.15) is 0 Å². The summed E-state index contributed by atoms with van der Waals surface area (Å²) in [5, 5.41) is 15.6. The van der Waals surface area contributed by atoms with Crippen molar-refractivity contribution in [1.29, 1.82) is 0 Å². The Kier molecular flexibility index (Phi) is 8.30. The van der Waals surface area contributed by atoms with Gasteiger partial charge in [-0.1, -0.05) is 37.3 Å². The van der Waals surface area contributed by atoms with Crippen LogP contribution in [0.4, 0.5) is 4.39 Å². The summed E-state index contributed by atoms with van der Waals surface area (Å²) in [6, 6.07) is 14.0. The van der Waals surface area contributed by atoms with Gasteiger partial charge in [-0.3, -0.25) is 0 Å². The van der Waals surface area contributed by atoms with E-state index >= 15 is 0 Å². The molecular weight excluding hydrogens is 385 g/mol. The third-order valence-electron chi connectivity index (χ3n) is 5.23. The molecule has 0 saturated heterocycles. The monoisotopic (exact) mass is 413 g/mol. The van der Waals surface area contributed by atoms with E-state index in [-0.39, 0.29) is 5.82 Å². The Morgan fingerprint density at radius 1 is 1.03 bits per heavy atom. The molecule has 2 aromatic carbocycles. The lowest BCUT2D eigenvalue weighted by Gasteiger charge is -2.21. The highest BCUT2D eigenvalue weighted by Gasteiger charge is 2.26. The number of nitrogens with zero attached hydrogens (tertiary/aromatic N) is 1. The molecular formula is C24H28FNO4. The summed E-state index contributed by atoms with van der Waals surface area (Å²) < 4.78 is 13.7. The summed E-state index contributed by atoms with van der Waals surface area (Å²) in [5.74, 6) is -1.84. The molecule has 2 unspecified atom stereocenters. The van der Waals surface area contributed by atoms with Crippen LogP contribution in [0.15, 0.2) is 54.6 Å². The first kappa shape index (κ1) is 23.3. The summed E-state index contributed by atoms with van der Waals surface area (Å²) >= 11 is 0. The molecule has 160 valence electrons. The molecule has 6 heteroatoms. The molecule has 0 radical (unpaired) electrons. The van der Waals surface area contributed by atoms with Gasteiger partial charge >= 0.3 is 11.9 Å². The molecule has 1 aliphatic rings. The SMILES string of the molecule is CC1c2ccc(F)cc2CC(CCN(C)C)c2ccccc21.O=C(O)/C=C\C(=O)O. The van der Waals surface area contributed by atoms with Crippen molar-refractivity contribution in [3.8, 4) is 0 Å². The molecule has 0 saturated carbocycles. The van der Waals surface area contributed by atoms with E-state index in [4.69, 9.17) is 10.2 Å². The molecule has 0 aliphatic heterocycles. The van der Waals surface area contributed by atoms with Crippen molar-refractivity contribution >= 4 is 11.9 Å². The van der Waals surface area contributed by atoms with Crippen LogP contribution in [0.3, 0.4) is 0 Å². The topological polar surface area (TPSA) is 77.8 Å². The van der Waals surface area contributed by atoms with Gasteiger partial charge in [0.25, 0.3) is 0 Å². The molecule has 2 aromatic rings. The van der Waals surface area contributed by atoms with Gasteiger partial charge in [0, 0.05) is 18.1 Å². The Morgan fingerprint density at radius 2 is 1.63 bits per heavy atom. The molecule has 0 spiro atoms. The first-order valence-corrected chi connectivity index (χ1v) is 9.84. The van der Waals surface area contributed by atoms with E-state index in [1.165, 1.54) is 22.3 Å². The Morgan fingerprint density at radius 3 is 2.20 bits per heavy atom. The van der Waals surface area contributed by atoms with Gasteiger partial charge < -0.3 is 15.1 Å². The van der Waals surface area contributed by atoms with E-state index in [1.54, 1.807) is 12.1 Å². The van der Waals surface area contributed by atoms with Gasteiger partial charge in [0.2, 0.25) is 0 Å². The molecule has 0 aromatic heterocycles. The number of benzene rings is 2. The fourth-order valence-electron chi connectivity index (χ4n) is 3.81. The van der Waals surface area contributed by atoms with Crippen molar-refractivity contribution in [2.75, 3.05) is 20.6 Å². The first-order valence-electron chi connectivity index (χ1n) is 9.84. The highest BCUT2D eigenvalue weighted by molar-refractivity contribution is 5.89. The van der Waals surface area contributed by atoms with Gasteiger partial charge in [0.05, 0.1) is 0 Å². The molecule has 3 rings (SSSR count). The second-order valence-electron chi connectivity index (χ2n) is 7.70. The third kappa shape index (κ3) is 6.52. The fourth-order valence-corrected chi connectivity index (χ4v) is 3.81. The number of carboxylic acids is 2. The average molecular weight is 413 g/mol. The van der Waals surface area contributed by atoms with Crippen molar-refractivity contribution < 1.29 is 24.2 Å². The van der Waals surface area contributed by atoms with Crippen molar-refractivity contribution in [3.05, 3.63) is 82.7 Å². The summed E-state index contributed by atoms with van der Waals surface area (Å²) in [4.78, 5) is 21.3. The summed E-state index contributed by atoms with van der Waals surface area (Å²) in [6.07, 6.45) is 3.15. The second-order valence-corrected chi connectivity index (χ2v) is 7.70. The fraction of sp³-hybridized carbons (Fsp3) is 0.333. The lowest BCUT2D eigenvalue weighted by molar-refractivity contribution is -0.134. The van der Waals surface area contributed by atoms with Crippen LogP contribution >= 0.6 is 0 Å². The van der Waals surface area contributed by atoms with Crippen molar-refractivity contribution in [2.45, 2.75) is 31.6 Å². The highest BCUT2D eigenvalue weighted by atomic mass is 19.1. The minimum Gasteiger partial charge on any atom is -0.478 e. The van der Waals surface area contributed by atoms with Crippen molar-refractivity contribution in [3.63, 3.8) is 0 Å². The molecule has 30 heavy (non-hydrogen) atoms. The van der Waals surface area contributed by atoms with E-state index in [1.807, 2.05) is 6.07 Å². The maximum Gasteiger partial charge on any atom is 0.328 e. The van der Waals surface area contributed by atoms with Gasteiger partial charge in [-0.05, 0) is 73.8 Å². The molecule has 0 bridgehead atoms. The van der Waals surface area contributed by atoms with E-state index < -0.39 is 11.9 Å². The molecule has 0 fully saturated rings. The summed E-state index contributed by atoms with van der Waals surface area (Å²) in [7, 11) is 4.22. The van der Waals surface area contributed by atoms with Crippen LogP contribution in [0, 0.1) is 5.82 Å². The van der Waals surface area contributed by atoms with Gasteiger partial charge in [0.1, 0.15) is 5.82 Å². The molecule has 5 nitrogen and oxygen atoms in total. The zero-order chi connectivity index (χ0) is 22.3. The van der Waals surface area contributed by atoms with E-state index in [0.717, 1.165) is 19.4 Å². The quantitative estimate of drug-likeness (QED) is 0.716. The summed E-state index contributed by atoms with van der Waals surface area (Å²) in [6.45, 7) is 3.29. The maximum absolute atomic E-state index is 13.7. The zero-order valence-corrected chi connectivity index (χ0v) is 17.5. The number of hydrogen-bond acceptors (Lipinski definition) is 3. The Hall–Kier alpha value is -2.99. The van der Waals surface area contributed by atoms with Gasteiger partial charge in [-0.15, -0.1) is 0 Å². The van der Waals surface area contributed by atoms with E-state index in [0.29, 0.717) is 24.0 Å². The number of fused-ring (bicyclic) bond motifs is 2. The normalized spacial score (nSPS) is 17.5. The summed E-state index contributed by atoms with van der Waals surface area (Å²) in [5.41, 5.74) is 5.29. The van der Waals surface area contributed by atoms with Crippen molar-refractivity contribution in [2.24, 2.45) is 0 Å². The van der Waals surface area contributed by atoms with Gasteiger partial charge in [-0.25, -0.2) is 14.0 Å². The van der Waals surface area contributed by atoms with Crippen LogP contribution in [0.1, 0.15) is 47.4 Å². The minimum absolute atomic E-state index is 0.122. The number of carbonyl (C=O) groups is 2. The molecule has 1 aliphatic carbocycles. The van der Waals surface area contributed by atoms with Crippen LogP contribution in [0.5, 0.6) is 0 Å². The number of rotatable bonds is 5. The second kappa shape index (κ2) is 10.7. The van der Waals surface area contributed by atoms with Crippen LogP contribution < -0.4 is 0 Å². The predicted octanol–water partition coefficient (Wildman–Crippen LogP) is 4.28. The third-order valence-corrected chi connectivity index (χ3v) is 5.23. The highest BCUT2D eigenvalue weighted by Crippen LogP contribution is 2.40. The standard InChI is InChI=1S/C20H24FN.C4H4O4/c1-14-18-9-8-17(21)13-16(18)12-15(10-11-22(2)3)20-7-5-4-6-19(14)20;5-3(6)1-2-4(7)8/h4-9,13-15H,10-12H2,1-3H3;1-2H,(H,5,6)(H,7,8)/b;2-1-.